The fourth-order valence-electron chi connectivity index (χ4n) is 3.78. The monoisotopic (exact) mass is 360 g/mol. The molecule has 0 bridgehead atoms. The van der Waals surface area contributed by atoms with Gasteiger partial charge in [0.15, 0.2) is 0 Å². The van der Waals surface area contributed by atoms with Gasteiger partial charge in [0.2, 0.25) is 11.8 Å². The number of piperidine rings is 1. The summed E-state index contributed by atoms with van der Waals surface area (Å²) in [4.78, 5) is 35.3. The van der Waals surface area contributed by atoms with Gasteiger partial charge in [-0.15, -0.1) is 0 Å². The van der Waals surface area contributed by atoms with Gasteiger partial charge in [0, 0.05) is 51.0 Å². The third-order valence-corrected chi connectivity index (χ3v) is 5.27. The second-order valence-corrected chi connectivity index (χ2v) is 7.11. The Morgan fingerprint density at radius 3 is 2.96 bits per heavy atom. The Morgan fingerprint density at radius 2 is 2.15 bits per heavy atom. The standard InChI is InChI=1S/C19H28N4O3/c1-13-15-4-3-5-16(15)22-17(21-13)8-9-20-19(25)14-6-7-18(24)23(12-14)10-11-26-2/h14H,3-12H2,1-2H3,(H,20,25)/t14-/m0/s1. The van der Waals surface area contributed by atoms with Crippen LogP contribution in [0.2, 0.25) is 0 Å². The molecular weight excluding hydrogens is 332 g/mol. The predicted molar refractivity (Wildman–Crippen MR) is 96.7 cm³/mol. The molecule has 1 N–H and O–H groups in total. The molecule has 1 aliphatic carbocycles. The van der Waals surface area contributed by atoms with Crippen molar-refractivity contribution in [2.75, 3.05) is 33.4 Å². The van der Waals surface area contributed by atoms with Gasteiger partial charge in [-0.2, -0.15) is 0 Å². The number of carbonyl (C=O) groups excluding carboxylic acids is 2. The molecule has 0 unspecified atom stereocenters. The molecule has 3 rings (SSSR count). The third kappa shape index (κ3) is 4.38. The number of amides is 2. The number of ether oxygens (including phenoxy) is 1. The Labute approximate surface area is 154 Å². The Hall–Kier alpha value is -2.02. The first-order valence-corrected chi connectivity index (χ1v) is 9.48. The van der Waals surface area contributed by atoms with Gasteiger partial charge in [0.05, 0.1) is 12.5 Å². The molecule has 1 aromatic rings. The minimum atomic E-state index is -0.146. The number of fused-ring (bicyclic) bond motifs is 1. The zero-order valence-corrected chi connectivity index (χ0v) is 15.7. The number of hydrogen-bond acceptors (Lipinski definition) is 5. The van der Waals surface area contributed by atoms with Crippen LogP contribution in [0.1, 0.15) is 42.0 Å². The fraction of sp³-hybridized carbons (Fsp3) is 0.684. The number of aryl methyl sites for hydroxylation is 2. The van der Waals surface area contributed by atoms with Crippen LogP contribution in [0, 0.1) is 12.8 Å². The van der Waals surface area contributed by atoms with Crippen LogP contribution in [0.15, 0.2) is 0 Å². The Morgan fingerprint density at radius 1 is 1.31 bits per heavy atom. The average Bonchev–Trinajstić information content (AvgIpc) is 3.10. The second-order valence-electron chi connectivity index (χ2n) is 7.11. The van der Waals surface area contributed by atoms with Crippen molar-refractivity contribution in [2.45, 2.75) is 45.4 Å². The van der Waals surface area contributed by atoms with Crippen molar-refractivity contribution in [3.05, 3.63) is 22.8 Å². The van der Waals surface area contributed by atoms with Crippen LogP contribution in [0.4, 0.5) is 0 Å². The van der Waals surface area contributed by atoms with E-state index >= 15 is 0 Å². The van der Waals surface area contributed by atoms with Crippen molar-refractivity contribution in [2.24, 2.45) is 5.92 Å². The summed E-state index contributed by atoms with van der Waals surface area (Å²) < 4.78 is 5.04. The first-order chi connectivity index (χ1) is 12.6. The number of carbonyl (C=O) groups is 2. The average molecular weight is 360 g/mol. The number of hydrogen-bond donors (Lipinski definition) is 1. The van der Waals surface area contributed by atoms with E-state index in [9.17, 15) is 9.59 Å². The first kappa shape index (κ1) is 18.8. The highest BCUT2D eigenvalue weighted by molar-refractivity contribution is 5.83. The van der Waals surface area contributed by atoms with E-state index in [0.29, 0.717) is 45.5 Å². The first-order valence-electron chi connectivity index (χ1n) is 9.48. The van der Waals surface area contributed by atoms with Gasteiger partial charge in [0.25, 0.3) is 0 Å². The Kier molecular flexibility index (Phi) is 6.19. The summed E-state index contributed by atoms with van der Waals surface area (Å²) in [6, 6.07) is 0. The van der Waals surface area contributed by atoms with Crippen LogP contribution in [0.5, 0.6) is 0 Å². The summed E-state index contributed by atoms with van der Waals surface area (Å²) in [5, 5.41) is 2.99. The molecule has 1 saturated heterocycles. The maximum atomic E-state index is 12.4. The van der Waals surface area contributed by atoms with E-state index in [1.807, 2.05) is 6.92 Å². The van der Waals surface area contributed by atoms with Gasteiger partial charge >= 0.3 is 0 Å². The molecule has 142 valence electrons. The van der Waals surface area contributed by atoms with Gasteiger partial charge in [-0.1, -0.05) is 0 Å². The molecule has 1 aromatic heterocycles. The molecule has 1 fully saturated rings. The van der Waals surface area contributed by atoms with Gasteiger partial charge in [-0.05, 0) is 38.2 Å². The summed E-state index contributed by atoms with van der Waals surface area (Å²) in [6.07, 6.45) is 4.95. The maximum absolute atomic E-state index is 12.4. The van der Waals surface area contributed by atoms with Gasteiger partial charge < -0.3 is 15.0 Å². The molecule has 0 radical (unpaired) electrons. The van der Waals surface area contributed by atoms with Crippen molar-refractivity contribution in [1.29, 1.82) is 0 Å². The zero-order chi connectivity index (χ0) is 18.5. The molecule has 1 aliphatic heterocycles. The molecule has 7 nitrogen and oxygen atoms in total. The molecule has 2 heterocycles. The summed E-state index contributed by atoms with van der Waals surface area (Å²) in [5.74, 6) is 0.780. The van der Waals surface area contributed by atoms with Crippen LogP contribution in [-0.4, -0.2) is 60.0 Å². The van der Waals surface area contributed by atoms with Crippen molar-refractivity contribution in [3.8, 4) is 0 Å². The molecule has 0 aromatic carbocycles. The molecule has 0 saturated carbocycles. The molecular formula is C19H28N4O3. The number of likely N-dealkylation sites (tertiary alicyclic amines) is 1. The zero-order valence-electron chi connectivity index (χ0n) is 15.7. The number of aromatic nitrogens is 2. The van der Waals surface area contributed by atoms with E-state index < -0.39 is 0 Å². The molecule has 7 heteroatoms. The maximum Gasteiger partial charge on any atom is 0.224 e. The fourth-order valence-corrected chi connectivity index (χ4v) is 3.78. The number of methoxy groups -OCH3 is 1. The van der Waals surface area contributed by atoms with E-state index in [0.717, 1.165) is 30.8 Å². The number of nitrogens with one attached hydrogen (secondary N) is 1. The molecule has 1 atom stereocenters. The smallest absolute Gasteiger partial charge is 0.224 e. The Bertz CT molecular complexity index is 677. The summed E-state index contributed by atoms with van der Waals surface area (Å²) in [7, 11) is 1.61. The van der Waals surface area contributed by atoms with Crippen LogP contribution in [-0.2, 0) is 33.6 Å². The lowest BCUT2D eigenvalue weighted by Crippen LogP contribution is -2.47. The topological polar surface area (TPSA) is 84.4 Å². The highest BCUT2D eigenvalue weighted by atomic mass is 16.5. The highest BCUT2D eigenvalue weighted by Gasteiger charge is 2.29. The van der Waals surface area contributed by atoms with Crippen LogP contribution in [0.25, 0.3) is 0 Å². The van der Waals surface area contributed by atoms with Gasteiger partial charge in [0.1, 0.15) is 5.82 Å². The minimum absolute atomic E-state index is 0.0119. The predicted octanol–water partition coefficient (Wildman–Crippen LogP) is 0.817. The minimum Gasteiger partial charge on any atom is -0.383 e. The van der Waals surface area contributed by atoms with Crippen molar-refractivity contribution < 1.29 is 14.3 Å². The largest absolute Gasteiger partial charge is 0.383 e. The van der Waals surface area contributed by atoms with Crippen LogP contribution in [0.3, 0.4) is 0 Å². The lowest BCUT2D eigenvalue weighted by molar-refractivity contribution is -0.138. The summed E-state index contributed by atoms with van der Waals surface area (Å²) in [5.41, 5.74) is 3.56. The van der Waals surface area contributed by atoms with Crippen LogP contribution < -0.4 is 5.32 Å². The molecule has 2 amide bonds. The van der Waals surface area contributed by atoms with Crippen LogP contribution >= 0.6 is 0 Å². The molecule has 2 aliphatic rings. The van der Waals surface area contributed by atoms with Gasteiger partial charge in [-0.25, -0.2) is 9.97 Å². The van der Waals surface area contributed by atoms with Crippen molar-refractivity contribution in [1.82, 2.24) is 20.2 Å². The van der Waals surface area contributed by atoms with E-state index in [4.69, 9.17) is 4.74 Å². The lowest BCUT2D eigenvalue weighted by atomic mass is 9.96. The van der Waals surface area contributed by atoms with Gasteiger partial charge in [-0.3, -0.25) is 9.59 Å². The summed E-state index contributed by atoms with van der Waals surface area (Å²) in [6.45, 7) is 4.08. The highest BCUT2D eigenvalue weighted by Crippen LogP contribution is 2.22. The molecule has 0 spiro atoms. The normalized spacial score (nSPS) is 19.5. The third-order valence-electron chi connectivity index (χ3n) is 5.27. The SMILES string of the molecule is COCCN1C[C@@H](C(=O)NCCc2nc(C)c3c(n2)CCC3)CCC1=O. The quantitative estimate of drug-likeness (QED) is 0.778. The number of nitrogens with zero attached hydrogens (tertiary/aromatic N) is 3. The van der Waals surface area contributed by atoms with E-state index in [1.54, 1.807) is 12.0 Å². The van der Waals surface area contributed by atoms with E-state index in [2.05, 4.69) is 15.3 Å². The van der Waals surface area contributed by atoms with E-state index in [1.165, 1.54) is 11.3 Å². The van der Waals surface area contributed by atoms with Crippen molar-refractivity contribution >= 4 is 11.8 Å². The number of rotatable bonds is 7. The van der Waals surface area contributed by atoms with E-state index in [-0.39, 0.29) is 17.7 Å². The Balaban J connectivity index is 1.48. The van der Waals surface area contributed by atoms with Crippen molar-refractivity contribution in [3.63, 3.8) is 0 Å². The summed E-state index contributed by atoms with van der Waals surface area (Å²) >= 11 is 0. The lowest BCUT2D eigenvalue weighted by Gasteiger charge is -2.31. The molecule has 26 heavy (non-hydrogen) atoms. The second kappa shape index (κ2) is 8.58.